The Labute approximate surface area is 225 Å². The van der Waals surface area contributed by atoms with Crippen molar-refractivity contribution >= 4 is 11.8 Å². The topological polar surface area (TPSA) is 89.4 Å². The number of nitrogens with one attached hydrogen (secondary N) is 1. The van der Waals surface area contributed by atoms with Gasteiger partial charge in [-0.25, -0.2) is 13.8 Å². The number of aliphatic hydroxyl groups is 1. The molecule has 7 nitrogen and oxygen atoms in total. The van der Waals surface area contributed by atoms with Gasteiger partial charge in [0.15, 0.2) is 23.3 Å². The van der Waals surface area contributed by atoms with Crippen molar-refractivity contribution < 1.29 is 32.9 Å². The summed E-state index contributed by atoms with van der Waals surface area (Å²) in [7, 11) is 1.55. The zero-order valence-electron chi connectivity index (χ0n) is 21.5. The molecule has 3 aromatic carbocycles. The third-order valence-corrected chi connectivity index (χ3v) is 6.32. The van der Waals surface area contributed by atoms with E-state index in [1.807, 2.05) is 6.07 Å². The molecule has 0 saturated carbocycles. The van der Waals surface area contributed by atoms with Crippen LogP contribution in [-0.2, 0) is 16.1 Å². The number of benzene rings is 3. The van der Waals surface area contributed by atoms with Crippen molar-refractivity contribution in [3.8, 4) is 11.5 Å². The lowest BCUT2D eigenvalue weighted by Crippen LogP contribution is -2.47. The Bertz CT molecular complexity index is 1350. The second-order valence-corrected chi connectivity index (χ2v) is 8.99. The van der Waals surface area contributed by atoms with Gasteiger partial charge >= 0.3 is 0 Å². The minimum Gasteiger partial charge on any atom is -0.497 e. The first-order valence-electron chi connectivity index (χ1n) is 12.5. The molecule has 0 unspecified atom stereocenters. The van der Waals surface area contributed by atoms with Gasteiger partial charge in [0.25, 0.3) is 5.91 Å². The van der Waals surface area contributed by atoms with Gasteiger partial charge in [-0.15, -0.1) is 6.58 Å². The molecule has 2 atom stereocenters. The summed E-state index contributed by atoms with van der Waals surface area (Å²) in [4.78, 5) is 18.6. The predicted octanol–water partition coefficient (Wildman–Crippen LogP) is 4.88. The molecule has 0 bridgehead atoms. The number of nitrogens with zero attached hydrogens (tertiary/aromatic N) is 1. The summed E-state index contributed by atoms with van der Waals surface area (Å²) < 4.78 is 44.5. The van der Waals surface area contributed by atoms with Crippen LogP contribution in [0, 0.1) is 11.6 Å². The number of methoxy groups -OCH3 is 1. The number of hydrogen-bond acceptors (Lipinski definition) is 6. The molecule has 0 aromatic heterocycles. The highest BCUT2D eigenvalue weighted by Gasteiger charge is 2.52. The monoisotopic (exact) mass is 536 g/mol. The lowest BCUT2D eigenvalue weighted by Gasteiger charge is -2.30. The number of aliphatic hydroxyl groups excluding tert-OH is 1. The largest absolute Gasteiger partial charge is 0.497 e. The molecule has 1 amide bonds. The highest BCUT2D eigenvalue weighted by molar-refractivity contribution is 6.01. The van der Waals surface area contributed by atoms with Crippen LogP contribution in [-0.4, -0.2) is 42.8 Å². The molecular formula is C30H30F2N2O5. The minimum atomic E-state index is -1.43. The van der Waals surface area contributed by atoms with Crippen molar-refractivity contribution in [1.82, 2.24) is 5.32 Å². The lowest BCUT2D eigenvalue weighted by molar-refractivity contribution is -0.129. The minimum absolute atomic E-state index is 0.0372. The highest BCUT2D eigenvalue weighted by Crippen LogP contribution is 2.43. The fourth-order valence-electron chi connectivity index (χ4n) is 4.32. The number of amides is 1. The molecule has 204 valence electrons. The number of aliphatic imine (C=N–C) groups is 1. The van der Waals surface area contributed by atoms with Crippen LogP contribution in [0.1, 0.15) is 35.6 Å². The van der Waals surface area contributed by atoms with Gasteiger partial charge in [0.05, 0.1) is 13.7 Å². The van der Waals surface area contributed by atoms with Crippen molar-refractivity contribution in [2.24, 2.45) is 4.99 Å². The number of halogens is 2. The molecule has 3 aromatic rings. The van der Waals surface area contributed by atoms with Gasteiger partial charge in [0, 0.05) is 31.6 Å². The average Bonchev–Trinajstić information content (AvgIpc) is 3.35. The number of hydrogen-bond donors (Lipinski definition) is 2. The fraction of sp³-hybridized carbons (Fsp3) is 0.267. The molecule has 9 heteroatoms. The number of carbonyl (C=O) groups excluding carboxylic acids is 1. The second kappa shape index (κ2) is 12.5. The maximum atomic E-state index is 13.8. The lowest BCUT2D eigenvalue weighted by atomic mass is 9.84. The van der Waals surface area contributed by atoms with Crippen LogP contribution in [0.4, 0.5) is 8.78 Å². The summed E-state index contributed by atoms with van der Waals surface area (Å²) >= 11 is 0. The van der Waals surface area contributed by atoms with E-state index in [9.17, 15) is 13.6 Å². The van der Waals surface area contributed by atoms with Crippen LogP contribution in [0.25, 0.3) is 0 Å². The first kappa shape index (κ1) is 27.8. The Hall–Kier alpha value is -4.24. The highest BCUT2D eigenvalue weighted by atomic mass is 19.2. The predicted molar refractivity (Wildman–Crippen MR) is 143 cm³/mol. The Morgan fingerprint density at radius 1 is 1.13 bits per heavy atom. The summed E-state index contributed by atoms with van der Waals surface area (Å²) in [5.41, 5.74) is 0.269. The Morgan fingerprint density at radius 3 is 2.62 bits per heavy atom. The maximum absolute atomic E-state index is 13.8. The van der Waals surface area contributed by atoms with Gasteiger partial charge < -0.3 is 24.6 Å². The molecule has 0 spiro atoms. The normalized spacial score (nSPS) is 18.2. The first-order chi connectivity index (χ1) is 18.9. The third kappa shape index (κ3) is 6.26. The van der Waals surface area contributed by atoms with Gasteiger partial charge in [0.1, 0.15) is 11.5 Å². The Kier molecular flexibility index (Phi) is 8.93. The maximum Gasteiger partial charge on any atom is 0.252 e. The van der Waals surface area contributed by atoms with Crippen LogP contribution in [0.3, 0.4) is 0 Å². The van der Waals surface area contributed by atoms with E-state index in [1.165, 1.54) is 6.07 Å². The van der Waals surface area contributed by atoms with Crippen LogP contribution < -0.4 is 14.8 Å². The molecule has 1 aliphatic rings. The number of ether oxygens (including phenoxy) is 3. The van der Waals surface area contributed by atoms with E-state index in [1.54, 1.807) is 55.7 Å². The zero-order chi connectivity index (χ0) is 27.8. The third-order valence-electron chi connectivity index (χ3n) is 6.32. The van der Waals surface area contributed by atoms with E-state index in [4.69, 9.17) is 24.3 Å². The smallest absolute Gasteiger partial charge is 0.252 e. The van der Waals surface area contributed by atoms with Crippen molar-refractivity contribution in [3.05, 3.63) is 108 Å². The summed E-state index contributed by atoms with van der Waals surface area (Å²) in [6, 6.07) is 17.7. The van der Waals surface area contributed by atoms with E-state index < -0.39 is 29.2 Å². The summed E-state index contributed by atoms with van der Waals surface area (Å²) in [5, 5.41) is 11.8. The van der Waals surface area contributed by atoms with E-state index in [0.29, 0.717) is 41.2 Å². The Morgan fingerprint density at radius 2 is 1.92 bits per heavy atom. The molecule has 1 heterocycles. The zero-order valence-corrected chi connectivity index (χ0v) is 21.5. The van der Waals surface area contributed by atoms with Gasteiger partial charge in [-0.05, 0) is 59.7 Å². The van der Waals surface area contributed by atoms with Crippen molar-refractivity contribution in [2.45, 2.75) is 31.0 Å². The van der Waals surface area contributed by atoms with Gasteiger partial charge in [-0.1, -0.05) is 24.3 Å². The molecule has 0 aliphatic carbocycles. The van der Waals surface area contributed by atoms with Crippen molar-refractivity contribution in [2.75, 3.05) is 20.3 Å². The van der Waals surface area contributed by atoms with Crippen LogP contribution in [0.15, 0.2) is 84.4 Å². The average molecular weight is 537 g/mol. The van der Waals surface area contributed by atoms with Crippen LogP contribution in [0.2, 0.25) is 0 Å². The van der Waals surface area contributed by atoms with E-state index in [2.05, 4.69) is 11.9 Å². The molecule has 2 N–H and O–H groups in total. The van der Waals surface area contributed by atoms with Crippen molar-refractivity contribution in [1.29, 1.82) is 0 Å². The number of rotatable bonds is 12. The molecular weight excluding hydrogens is 506 g/mol. The van der Waals surface area contributed by atoms with Crippen LogP contribution in [0.5, 0.6) is 11.5 Å². The number of carbonyl (C=O) groups is 1. The standard InChI is InChI=1S/C30H30F2N2O5/c1-3-14-30(29(36)33-19-20-8-13-25(31)26(32)17-20)27(22-6-4-7-24(18-22)37-2)39-28(34-30)21-9-11-23(12-10-21)38-16-5-15-35/h3-4,6-13,17-18,27,35H,1,5,14-16,19H2,2H3,(H,33,36)/t27-,30-/m1/s1. The molecule has 4 rings (SSSR count). The molecule has 0 fully saturated rings. The molecule has 0 saturated heterocycles. The van der Waals surface area contributed by atoms with Gasteiger partial charge in [-0.3, -0.25) is 4.79 Å². The van der Waals surface area contributed by atoms with Crippen molar-refractivity contribution in [3.63, 3.8) is 0 Å². The van der Waals surface area contributed by atoms with E-state index >= 15 is 0 Å². The first-order valence-corrected chi connectivity index (χ1v) is 12.5. The van der Waals surface area contributed by atoms with E-state index in [0.717, 1.165) is 12.1 Å². The second-order valence-electron chi connectivity index (χ2n) is 8.99. The van der Waals surface area contributed by atoms with Gasteiger partial charge in [-0.2, -0.15) is 0 Å². The summed E-state index contributed by atoms with van der Waals surface area (Å²) in [5.74, 6) is -0.950. The quantitative estimate of drug-likeness (QED) is 0.254. The summed E-state index contributed by atoms with van der Waals surface area (Å²) in [6.07, 6.45) is 1.43. The molecule has 0 radical (unpaired) electrons. The van der Waals surface area contributed by atoms with Gasteiger partial charge in [0.2, 0.25) is 5.90 Å². The van der Waals surface area contributed by atoms with E-state index in [-0.39, 0.29) is 25.5 Å². The molecule has 39 heavy (non-hydrogen) atoms. The van der Waals surface area contributed by atoms with Crippen LogP contribution >= 0.6 is 0 Å². The fourth-order valence-corrected chi connectivity index (χ4v) is 4.32. The SMILES string of the molecule is C=CC[C@@]1(C(=O)NCc2ccc(F)c(F)c2)N=C(c2ccc(OCCCO)cc2)O[C@@H]1c1cccc(OC)c1. The Balaban J connectivity index is 1.68. The summed E-state index contributed by atoms with van der Waals surface area (Å²) in [6.45, 7) is 4.23. The molecule has 1 aliphatic heterocycles.